The fourth-order valence-electron chi connectivity index (χ4n) is 5.97. The lowest BCUT2D eigenvalue weighted by atomic mass is 10.0. The Bertz CT molecular complexity index is 1640. The molecule has 0 atom stereocenters. The average Bonchev–Trinajstić information content (AvgIpc) is 3.74. The standard InChI is InChI=1S/C32H31N5/c1-2-7-21(6-1)17-33-18-22-14-25(20-34-19-22)24-12-13-30-28(15-24)32(37-36-30)31-16-27-26(23-8-3-4-9-23)10-5-11-29(27)35-31/h3,5,8-16,19-21,33,35H,1-2,4,6-7,17-18H2,(H,36,37). The summed E-state index contributed by atoms with van der Waals surface area (Å²) in [5.74, 6) is 0.838. The molecule has 3 aromatic heterocycles. The number of nitrogens with one attached hydrogen (secondary N) is 3. The van der Waals surface area contributed by atoms with Crippen molar-refractivity contribution in [2.45, 2.75) is 38.6 Å². The highest BCUT2D eigenvalue weighted by Gasteiger charge is 2.16. The van der Waals surface area contributed by atoms with E-state index < -0.39 is 0 Å². The van der Waals surface area contributed by atoms with Crippen molar-refractivity contribution in [1.29, 1.82) is 0 Å². The molecule has 5 heteroatoms. The first-order valence-electron chi connectivity index (χ1n) is 13.4. The van der Waals surface area contributed by atoms with Gasteiger partial charge in [0.05, 0.1) is 11.2 Å². The van der Waals surface area contributed by atoms with Crippen LogP contribution in [0.5, 0.6) is 0 Å². The van der Waals surface area contributed by atoms with Crippen LogP contribution in [0.3, 0.4) is 0 Å². The van der Waals surface area contributed by atoms with E-state index in [1.165, 1.54) is 47.8 Å². The molecule has 0 amide bonds. The van der Waals surface area contributed by atoms with Crippen molar-refractivity contribution in [3.63, 3.8) is 0 Å². The number of aromatic amines is 2. The average molecular weight is 486 g/mol. The van der Waals surface area contributed by atoms with E-state index in [2.05, 4.69) is 87.1 Å². The van der Waals surface area contributed by atoms with Crippen molar-refractivity contribution in [3.05, 3.63) is 90.3 Å². The zero-order valence-corrected chi connectivity index (χ0v) is 20.9. The maximum atomic E-state index is 4.71. The Morgan fingerprint density at radius 2 is 1.86 bits per heavy atom. The fraction of sp³-hybridized carbons (Fsp3) is 0.250. The summed E-state index contributed by atoms with van der Waals surface area (Å²) in [4.78, 5) is 8.17. The Morgan fingerprint density at radius 3 is 2.76 bits per heavy atom. The first kappa shape index (κ1) is 22.3. The number of hydrogen-bond acceptors (Lipinski definition) is 3. The van der Waals surface area contributed by atoms with Crippen molar-refractivity contribution >= 4 is 27.4 Å². The van der Waals surface area contributed by atoms with Crippen molar-refractivity contribution in [3.8, 4) is 22.5 Å². The zero-order valence-electron chi connectivity index (χ0n) is 20.9. The maximum Gasteiger partial charge on any atom is 0.116 e. The molecule has 3 N–H and O–H groups in total. The topological polar surface area (TPSA) is 69.4 Å². The van der Waals surface area contributed by atoms with Gasteiger partial charge in [0.2, 0.25) is 0 Å². The Balaban J connectivity index is 1.19. The van der Waals surface area contributed by atoms with Crippen LogP contribution in [0.25, 0.3) is 49.9 Å². The first-order valence-corrected chi connectivity index (χ1v) is 13.4. The van der Waals surface area contributed by atoms with Crippen LogP contribution in [0.15, 0.2) is 79.2 Å². The number of H-pyrrole nitrogens is 2. The Morgan fingerprint density at radius 1 is 0.919 bits per heavy atom. The van der Waals surface area contributed by atoms with Gasteiger partial charge in [0.25, 0.3) is 0 Å². The molecular weight excluding hydrogens is 454 g/mol. The number of fused-ring (bicyclic) bond motifs is 2. The SMILES string of the molecule is C1=CC(c2cccc3[nH]c(-c4n[nH]c5ccc(-c6cncc(CNCC7CCCC7)c6)cc45)cc23)=CC1. The van der Waals surface area contributed by atoms with Gasteiger partial charge in [-0.1, -0.05) is 49.3 Å². The molecule has 184 valence electrons. The first-order chi connectivity index (χ1) is 18.3. The molecule has 3 heterocycles. The van der Waals surface area contributed by atoms with Gasteiger partial charge in [0.15, 0.2) is 0 Å². The van der Waals surface area contributed by atoms with Gasteiger partial charge >= 0.3 is 0 Å². The molecule has 1 saturated carbocycles. The number of allylic oxidation sites excluding steroid dienone is 4. The second kappa shape index (κ2) is 9.49. The van der Waals surface area contributed by atoms with E-state index in [4.69, 9.17) is 5.10 Å². The third kappa shape index (κ3) is 4.30. The fourth-order valence-corrected chi connectivity index (χ4v) is 5.97. The number of hydrogen-bond donors (Lipinski definition) is 3. The van der Waals surface area contributed by atoms with Crippen LogP contribution in [0.4, 0.5) is 0 Å². The summed E-state index contributed by atoms with van der Waals surface area (Å²) in [7, 11) is 0. The minimum absolute atomic E-state index is 0.838. The Hall–Kier alpha value is -3.96. The van der Waals surface area contributed by atoms with Gasteiger partial charge in [-0.3, -0.25) is 10.1 Å². The summed E-state index contributed by atoms with van der Waals surface area (Å²) in [5.41, 5.74) is 10.2. The normalized spacial score (nSPS) is 15.8. The molecule has 1 fully saturated rings. The molecule has 2 aliphatic carbocycles. The van der Waals surface area contributed by atoms with Crippen LogP contribution >= 0.6 is 0 Å². The number of nitrogens with zero attached hydrogens (tertiary/aromatic N) is 2. The van der Waals surface area contributed by atoms with Gasteiger partial charge in [-0.15, -0.1) is 0 Å². The largest absolute Gasteiger partial charge is 0.353 e. The Kier molecular flexibility index (Phi) is 5.71. The van der Waals surface area contributed by atoms with Gasteiger partial charge in [-0.25, -0.2) is 0 Å². The van der Waals surface area contributed by atoms with Gasteiger partial charge in [-0.2, -0.15) is 5.10 Å². The lowest BCUT2D eigenvalue weighted by molar-refractivity contribution is 0.489. The van der Waals surface area contributed by atoms with Gasteiger partial charge in [0.1, 0.15) is 5.69 Å². The predicted octanol–water partition coefficient (Wildman–Crippen LogP) is 7.40. The molecule has 0 saturated heterocycles. The molecular formula is C32H31N5. The van der Waals surface area contributed by atoms with E-state index >= 15 is 0 Å². The maximum absolute atomic E-state index is 4.71. The minimum atomic E-state index is 0.838. The molecule has 0 unspecified atom stereocenters. The minimum Gasteiger partial charge on any atom is -0.353 e. The van der Waals surface area contributed by atoms with E-state index in [9.17, 15) is 0 Å². The predicted molar refractivity (Wildman–Crippen MR) is 152 cm³/mol. The van der Waals surface area contributed by atoms with Crippen LogP contribution in [-0.2, 0) is 6.54 Å². The summed E-state index contributed by atoms with van der Waals surface area (Å²) < 4.78 is 0. The summed E-state index contributed by atoms with van der Waals surface area (Å²) in [5, 5.41) is 13.9. The lowest BCUT2D eigenvalue weighted by Crippen LogP contribution is -2.20. The molecule has 2 aromatic carbocycles. The summed E-state index contributed by atoms with van der Waals surface area (Å²) in [6, 6.07) is 17.5. The highest BCUT2D eigenvalue weighted by Crippen LogP contribution is 2.35. The second-order valence-corrected chi connectivity index (χ2v) is 10.4. The van der Waals surface area contributed by atoms with E-state index in [-0.39, 0.29) is 0 Å². The number of rotatable bonds is 7. The third-order valence-electron chi connectivity index (χ3n) is 7.93. The highest BCUT2D eigenvalue weighted by molar-refractivity contribution is 6.01. The van der Waals surface area contributed by atoms with Crippen LogP contribution in [-0.4, -0.2) is 26.7 Å². The molecule has 7 rings (SSSR count). The van der Waals surface area contributed by atoms with Crippen molar-refractivity contribution < 1.29 is 0 Å². The number of benzene rings is 2. The monoisotopic (exact) mass is 485 g/mol. The van der Waals surface area contributed by atoms with Crippen molar-refractivity contribution in [2.24, 2.45) is 5.92 Å². The van der Waals surface area contributed by atoms with Gasteiger partial charge < -0.3 is 10.3 Å². The molecule has 0 radical (unpaired) electrons. The highest BCUT2D eigenvalue weighted by atomic mass is 15.1. The lowest BCUT2D eigenvalue weighted by Gasteiger charge is -2.11. The summed E-state index contributed by atoms with van der Waals surface area (Å²) >= 11 is 0. The molecule has 5 nitrogen and oxygen atoms in total. The zero-order chi connectivity index (χ0) is 24.6. The molecule has 0 bridgehead atoms. The van der Waals surface area contributed by atoms with Crippen LogP contribution in [0.1, 0.15) is 43.2 Å². The summed E-state index contributed by atoms with van der Waals surface area (Å²) in [6.07, 6.45) is 17.1. The van der Waals surface area contributed by atoms with E-state index in [1.54, 1.807) is 0 Å². The molecule has 5 aromatic rings. The molecule has 37 heavy (non-hydrogen) atoms. The van der Waals surface area contributed by atoms with Gasteiger partial charge in [0, 0.05) is 40.8 Å². The molecule has 0 aliphatic heterocycles. The second-order valence-electron chi connectivity index (χ2n) is 10.4. The third-order valence-corrected chi connectivity index (χ3v) is 7.93. The quantitative estimate of drug-likeness (QED) is 0.225. The van der Waals surface area contributed by atoms with E-state index in [1.807, 2.05) is 12.4 Å². The van der Waals surface area contributed by atoms with E-state index in [0.717, 1.165) is 64.4 Å². The number of pyridine rings is 1. The van der Waals surface area contributed by atoms with Crippen molar-refractivity contribution in [1.82, 2.24) is 25.5 Å². The van der Waals surface area contributed by atoms with Crippen molar-refractivity contribution in [2.75, 3.05) is 6.54 Å². The Labute approximate surface area is 216 Å². The van der Waals surface area contributed by atoms with Gasteiger partial charge in [-0.05, 0) is 84.3 Å². The summed E-state index contributed by atoms with van der Waals surface area (Å²) in [6.45, 7) is 1.97. The van der Waals surface area contributed by atoms with Crippen LogP contribution < -0.4 is 5.32 Å². The van der Waals surface area contributed by atoms with E-state index in [0.29, 0.717) is 0 Å². The van der Waals surface area contributed by atoms with Crippen LogP contribution in [0.2, 0.25) is 0 Å². The smallest absolute Gasteiger partial charge is 0.116 e. The molecule has 0 spiro atoms. The molecule has 2 aliphatic rings. The number of aromatic nitrogens is 4. The van der Waals surface area contributed by atoms with Crippen LogP contribution in [0, 0.1) is 5.92 Å².